The summed E-state index contributed by atoms with van der Waals surface area (Å²) in [4.78, 5) is 4.51. The lowest BCUT2D eigenvalue weighted by molar-refractivity contribution is -0.208. The quantitative estimate of drug-likeness (QED) is 0.629. The second-order valence-corrected chi connectivity index (χ2v) is 8.32. The monoisotopic (exact) mass is 452 g/mol. The molecule has 2 aromatic heterocycles. The highest BCUT2D eigenvalue weighted by atomic mass is 19.4. The summed E-state index contributed by atoms with van der Waals surface area (Å²) in [6, 6.07) is 3.37. The van der Waals surface area contributed by atoms with E-state index in [0.717, 1.165) is 56.3 Å². The molecule has 0 bridgehead atoms. The zero-order chi connectivity index (χ0) is 22.5. The summed E-state index contributed by atoms with van der Waals surface area (Å²) in [7, 11) is 1.37. The summed E-state index contributed by atoms with van der Waals surface area (Å²) in [6.07, 6.45) is -6.14. The first-order valence-electron chi connectivity index (χ1n) is 10.4. The molecule has 0 aliphatic carbocycles. The number of ether oxygens (including phenoxy) is 1. The van der Waals surface area contributed by atoms with Gasteiger partial charge in [0.25, 0.3) is 0 Å². The first-order chi connectivity index (χ1) is 15.3. The van der Waals surface area contributed by atoms with Gasteiger partial charge in [0.15, 0.2) is 11.6 Å². The van der Waals surface area contributed by atoms with Crippen molar-refractivity contribution in [3.63, 3.8) is 0 Å². The van der Waals surface area contributed by atoms with Crippen molar-refractivity contribution in [3.8, 4) is 11.1 Å². The molecule has 1 aromatic carbocycles. The van der Waals surface area contributed by atoms with Crippen LogP contribution in [0, 0.1) is 5.92 Å². The summed E-state index contributed by atoms with van der Waals surface area (Å²) >= 11 is 0. The van der Waals surface area contributed by atoms with E-state index in [2.05, 4.69) is 25.2 Å². The molecule has 3 aromatic rings. The van der Waals surface area contributed by atoms with Gasteiger partial charge in [0.1, 0.15) is 5.52 Å². The van der Waals surface area contributed by atoms with Gasteiger partial charge in [-0.25, -0.2) is 4.63 Å². The minimum absolute atomic E-state index is 0.189. The van der Waals surface area contributed by atoms with Crippen LogP contribution in [-0.4, -0.2) is 82.2 Å². The maximum atomic E-state index is 13.2. The third-order valence-corrected chi connectivity index (χ3v) is 6.12. The lowest BCUT2D eigenvalue weighted by atomic mass is 9.96. The molecule has 32 heavy (non-hydrogen) atoms. The second kappa shape index (κ2) is 8.01. The predicted octanol–water partition coefficient (Wildman–Crippen LogP) is 1.99. The highest BCUT2D eigenvalue weighted by Crippen LogP contribution is 2.40. The van der Waals surface area contributed by atoms with Gasteiger partial charge in [-0.3, -0.25) is 9.58 Å². The largest absolute Gasteiger partial charge is 0.420 e. The number of fused-ring (bicyclic) bond motifs is 1. The van der Waals surface area contributed by atoms with E-state index < -0.39 is 12.3 Å². The van der Waals surface area contributed by atoms with Gasteiger partial charge in [0.2, 0.25) is 0 Å². The number of halogens is 3. The summed E-state index contributed by atoms with van der Waals surface area (Å²) in [5, 5.41) is 21.8. The first-order valence-corrected chi connectivity index (χ1v) is 10.4. The van der Waals surface area contributed by atoms with Crippen LogP contribution in [-0.2, 0) is 11.8 Å². The van der Waals surface area contributed by atoms with Gasteiger partial charge in [-0.2, -0.15) is 18.3 Å². The molecule has 1 unspecified atom stereocenters. The van der Waals surface area contributed by atoms with Crippen LogP contribution in [0.1, 0.15) is 11.8 Å². The number of alkyl halides is 3. The molecule has 2 saturated heterocycles. The molecule has 0 radical (unpaired) electrons. The zero-order valence-corrected chi connectivity index (χ0v) is 17.4. The molecular weight excluding hydrogens is 429 g/mol. The van der Waals surface area contributed by atoms with Crippen LogP contribution in [0.4, 0.5) is 18.9 Å². The lowest BCUT2D eigenvalue weighted by Crippen LogP contribution is -2.53. The number of aliphatic hydroxyl groups is 1. The highest BCUT2D eigenvalue weighted by molar-refractivity contribution is 5.93. The third kappa shape index (κ3) is 3.82. The fourth-order valence-electron chi connectivity index (χ4n) is 4.45. The van der Waals surface area contributed by atoms with Crippen molar-refractivity contribution in [1.82, 2.24) is 25.0 Å². The fraction of sp³-hybridized carbons (Fsp3) is 0.550. The second-order valence-electron chi connectivity index (χ2n) is 8.32. The number of hydrogen-bond donors (Lipinski definition) is 1. The molecule has 2 aliphatic heterocycles. The van der Waals surface area contributed by atoms with E-state index in [1.807, 2.05) is 0 Å². The molecule has 9 nitrogen and oxygen atoms in total. The molecule has 0 spiro atoms. The van der Waals surface area contributed by atoms with Gasteiger partial charge in [-0.1, -0.05) is 0 Å². The number of aromatic nitrogens is 4. The van der Waals surface area contributed by atoms with Crippen molar-refractivity contribution in [1.29, 1.82) is 0 Å². The van der Waals surface area contributed by atoms with Gasteiger partial charge >= 0.3 is 6.18 Å². The number of aryl methyl sites for hydroxylation is 1. The van der Waals surface area contributed by atoms with Crippen molar-refractivity contribution in [3.05, 3.63) is 24.0 Å². The molecule has 12 heteroatoms. The standard InChI is InChI=1S/C20H23F3N6O3/c1-27-18(19(30)20(21,22)23)14(8-24-27)13-6-15-17(26-32-25-15)16(7-13)29-10-12(11-29)9-28-2-4-31-5-3-28/h6-8,12,19,30H,2-5,9-11H2,1H3. The fourth-order valence-corrected chi connectivity index (χ4v) is 4.45. The Morgan fingerprint density at radius 1 is 1.19 bits per heavy atom. The van der Waals surface area contributed by atoms with Crippen LogP contribution < -0.4 is 4.90 Å². The maximum Gasteiger partial charge on any atom is 0.420 e. The van der Waals surface area contributed by atoms with E-state index in [9.17, 15) is 18.3 Å². The Morgan fingerprint density at radius 3 is 2.66 bits per heavy atom. The summed E-state index contributed by atoms with van der Waals surface area (Å²) in [5.41, 5.74) is 2.06. The molecule has 4 heterocycles. The number of rotatable bonds is 5. The van der Waals surface area contributed by atoms with E-state index in [0.29, 0.717) is 22.5 Å². The van der Waals surface area contributed by atoms with Crippen molar-refractivity contribution in [2.45, 2.75) is 12.3 Å². The topological polar surface area (TPSA) is 92.7 Å². The Balaban J connectivity index is 1.43. The van der Waals surface area contributed by atoms with E-state index in [1.165, 1.54) is 13.2 Å². The van der Waals surface area contributed by atoms with Crippen molar-refractivity contribution in [2.75, 3.05) is 50.8 Å². The van der Waals surface area contributed by atoms with Crippen molar-refractivity contribution >= 4 is 16.7 Å². The van der Waals surface area contributed by atoms with Gasteiger partial charge in [0, 0.05) is 51.3 Å². The molecule has 1 atom stereocenters. The van der Waals surface area contributed by atoms with Crippen LogP contribution in [0.15, 0.2) is 23.0 Å². The molecule has 1 N–H and O–H groups in total. The minimum atomic E-state index is -4.81. The zero-order valence-electron chi connectivity index (χ0n) is 17.4. The number of anilines is 1. The summed E-state index contributed by atoms with van der Waals surface area (Å²) in [6.45, 7) is 5.93. The number of aliphatic hydroxyl groups excluding tert-OH is 1. The highest BCUT2D eigenvalue weighted by Gasteiger charge is 2.43. The van der Waals surface area contributed by atoms with Gasteiger partial charge in [-0.15, -0.1) is 0 Å². The molecule has 0 saturated carbocycles. The molecule has 0 amide bonds. The Bertz CT molecular complexity index is 1100. The van der Waals surface area contributed by atoms with E-state index >= 15 is 0 Å². The van der Waals surface area contributed by atoms with Crippen molar-refractivity contribution < 1.29 is 27.6 Å². The molecule has 5 rings (SSSR count). The van der Waals surface area contributed by atoms with Gasteiger partial charge < -0.3 is 14.7 Å². The molecule has 2 aliphatic rings. The number of benzene rings is 1. The molecular formula is C20H23F3N6O3. The number of nitrogens with zero attached hydrogens (tertiary/aromatic N) is 6. The normalized spacial score (nSPS) is 19.5. The maximum absolute atomic E-state index is 13.2. The summed E-state index contributed by atoms with van der Waals surface area (Å²) in [5.74, 6) is 0.479. The lowest BCUT2D eigenvalue weighted by Gasteiger charge is -2.43. The van der Waals surface area contributed by atoms with Crippen LogP contribution in [0.3, 0.4) is 0 Å². The average Bonchev–Trinajstić information content (AvgIpc) is 3.35. The van der Waals surface area contributed by atoms with Crippen LogP contribution >= 0.6 is 0 Å². The van der Waals surface area contributed by atoms with Crippen LogP contribution in [0.2, 0.25) is 0 Å². The SMILES string of the molecule is Cn1ncc(-c2cc(N3CC(CN4CCOCC4)C3)c3nonc3c2)c1C(O)C(F)(F)F. The van der Waals surface area contributed by atoms with Gasteiger partial charge in [-0.05, 0) is 28.0 Å². The Labute approximate surface area is 181 Å². The molecule has 172 valence electrons. The van der Waals surface area contributed by atoms with Crippen molar-refractivity contribution in [2.24, 2.45) is 13.0 Å². The number of hydrogen-bond acceptors (Lipinski definition) is 8. The Kier molecular flexibility index (Phi) is 5.30. The van der Waals surface area contributed by atoms with Gasteiger partial charge in [0.05, 0.1) is 30.8 Å². The molecule has 2 fully saturated rings. The van der Waals surface area contributed by atoms with E-state index in [4.69, 9.17) is 9.37 Å². The average molecular weight is 452 g/mol. The third-order valence-electron chi connectivity index (χ3n) is 6.12. The summed E-state index contributed by atoms with van der Waals surface area (Å²) < 4.78 is 51.1. The number of morpholine rings is 1. The minimum Gasteiger partial charge on any atom is -0.379 e. The Hall–Kier alpha value is -2.70. The predicted molar refractivity (Wildman–Crippen MR) is 108 cm³/mol. The van der Waals surface area contributed by atoms with E-state index in [-0.39, 0.29) is 11.3 Å². The van der Waals surface area contributed by atoms with Crippen LogP contribution in [0.5, 0.6) is 0 Å². The van der Waals surface area contributed by atoms with E-state index in [1.54, 1.807) is 12.1 Å². The Morgan fingerprint density at radius 2 is 1.94 bits per heavy atom. The van der Waals surface area contributed by atoms with Crippen LogP contribution in [0.25, 0.3) is 22.2 Å². The smallest absolute Gasteiger partial charge is 0.379 e. The first kappa shape index (κ1) is 21.2.